The van der Waals surface area contributed by atoms with Gasteiger partial charge in [-0.25, -0.2) is 4.79 Å². The molecule has 152 valence electrons. The lowest BCUT2D eigenvalue weighted by molar-refractivity contribution is -0.142. The summed E-state index contributed by atoms with van der Waals surface area (Å²) in [4.78, 5) is 14.8. The van der Waals surface area contributed by atoms with E-state index in [1.54, 1.807) is 4.90 Å². The highest BCUT2D eigenvalue weighted by molar-refractivity contribution is 5.89. The van der Waals surface area contributed by atoms with Crippen LogP contribution in [-0.4, -0.2) is 43.5 Å². The molecule has 0 aliphatic rings. The molecular weight excluding hydrogens is 352 g/mol. The number of rotatable bonds is 10. The quantitative estimate of drug-likeness (QED) is 0.600. The van der Waals surface area contributed by atoms with Crippen molar-refractivity contribution in [2.24, 2.45) is 0 Å². The Hall–Kier alpha value is -2.37. The Balaban J connectivity index is 2.11. The highest BCUT2D eigenvalue weighted by atomic mass is 16.7. The molecule has 0 aliphatic heterocycles. The topological polar surface area (TPSA) is 50.8 Å². The van der Waals surface area contributed by atoms with Gasteiger partial charge in [0.25, 0.3) is 0 Å². The standard InChI is InChI=1S/C23H32N2O3/c1-5-27-22(28-6-2)17-25(13-12-20-10-8-7-9-11-20)23(26)24-21-15-18(3)14-19(4)16-21/h7-11,14-16,22H,5-6,12-13,17H2,1-4H3,(H,24,26). The number of nitrogens with one attached hydrogen (secondary N) is 1. The van der Waals surface area contributed by atoms with Crippen molar-refractivity contribution < 1.29 is 14.3 Å². The molecule has 0 heterocycles. The van der Waals surface area contributed by atoms with Crippen LogP contribution < -0.4 is 5.32 Å². The Kier molecular flexibility index (Phi) is 8.98. The Bertz CT molecular complexity index is 708. The van der Waals surface area contributed by atoms with Crippen molar-refractivity contribution in [2.45, 2.75) is 40.4 Å². The summed E-state index contributed by atoms with van der Waals surface area (Å²) in [6.45, 7) is 9.94. The number of carbonyl (C=O) groups excluding carboxylic acids is 1. The average molecular weight is 385 g/mol. The maximum absolute atomic E-state index is 13.0. The van der Waals surface area contributed by atoms with Gasteiger partial charge in [0, 0.05) is 25.4 Å². The Morgan fingerprint density at radius 2 is 1.61 bits per heavy atom. The SMILES string of the molecule is CCOC(CN(CCc1ccccc1)C(=O)Nc1cc(C)cc(C)c1)OCC. The fourth-order valence-electron chi connectivity index (χ4n) is 3.14. The summed E-state index contributed by atoms with van der Waals surface area (Å²) in [7, 11) is 0. The van der Waals surface area contributed by atoms with Gasteiger partial charge in [0.2, 0.25) is 0 Å². The summed E-state index contributed by atoms with van der Waals surface area (Å²) in [6, 6.07) is 16.1. The monoisotopic (exact) mass is 384 g/mol. The van der Waals surface area contributed by atoms with Gasteiger partial charge in [-0.3, -0.25) is 0 Å². The first-order chi connectivity index (χ1) is 13.5. The zero-order chi connectivity index (χ0) is 20.4. The molecule has 5 nitrogen and oxygen atoms in total. The molecule has 0 bridgehead atoms. The van der Waals surface area contributed by atoms with Crippen molar-refractivity contribution in [3.63, 3.8) is 0 Å². The van der Waals surface area contributed by atoms with Gasteiger partial charge < -0.3 is 19.7 Å². The van der Waals surface area contributed by atoms with Crippen molar-refractivity contribution in [3.8, 4) is 0 Å². The van der Waals surface area contributed by atoms with Crippen molar-refractivity contribution >= 4 is 11.7 Å². The molecule has 0 fully saturated rings. The number of hydrogen-bond acceptors (Lipinski definition) is 3. The minimum absolute atomic E-state index is 0.148. The van der Waals surface area contributed by atoms with E-state index in [2.05, 4.69) is 23.5 Å². The van der Waals surface area contributed by atoms with Crippen LogP contribution in [0.25, 0.3) is 0 Å². The van der Waals surface area contributed by atoms with Crippen molar-refractivity contribution in [1.82, 2.24) is 4.90 Å². The van der Waals surface area contributed by atoms with Crippen LogP contribution in [0.2, 0.25) is 0 Å². The first-order valence-electron chi connectivity index (χ1n) is 9.93. The van der Waals surface area contributed by atoms with E-state index < -0.39 is 6.29 Å². The van der Waals surface area contributed by atoms with Crippen molar-refractivity contribution in [2.75, 3.05) is 31.6 Å². The summed E-state index contributed by atoms with van der Waals surface area (Å²) in [5, 5.41) is 3.03. The van der Waals surface area contributed by atoms with Crippen LogP contribution in [0.3, 0.4) is 0 Å². The van der Waals surface area contributed by atoms with E-state index in [0.717, 1.165) is 23.2 Å². The maximum Gasteiger partial charge on any atom is 0.322 e. The van der Waals surface area contributed by atoms with E-state index in [0.29, 0.717) is 26.3 Å². The number of nitrogens with zero attached hydrogens (tertiary/aromatic N) is 1. The predicted octanol–water partition coefficient (Wildman–Crippen LogP) is 4.78. The van der Waals surface area contributed by atoms with Crippen LogP contribution in [0.5, 0.6) is 0 Å². The second-order valence-corrected chi connectivity index (χ2v) is 6.83. The Morgan fingerprint density at radius 1 is 1.00 bits per heavy atom. The largest absolute Gasteiger partial charge is 0.351 e. The molecule has 0 saturated carbocycles. The highest BCUT2D eigenvalue weighted by Gasteiger charge is 2.20. The molecule has 0 unspecified atom stereocenters. The molecule has 0 spiro atoms. The molecule has 0 radical (unpaired) electrons. The second kappa shape index (κ2) is 11.5. The molecular formula is C23H32N2O3. The summed E-state index contributed by atoms with van der Waals surface area (Å²) in [6.07, 6.45) is 0.335. The zero-order valence-electron chi connectivity index (χ0n) is 17.4. The summed E-state index contributed by atoms with van der Waals surface area (Å²) in [5.74, 6) is 0. The lowest BCUT2D eigenvalue weighted by Gasteiger charge is -2.28. The van der Waals surface area contributed by atoms with Crippen molar-refractivity contribution in [1.29, 1.82) is 0 Å². The Morgan fingerprint density at radius 3 is 2.18 bits per heavy atom. The number of aryl methyl sites for hydroxylation is 2. The number of ether oxygens (including phenoxy) is 2. The number of urea groups is 1. The van der Waals surface area contributed by atoms with Crippen LogP contribution >= 0.6 is 0 Å². The number of anilines is 1. The van der Waals surface area contributed by atoms with Gasteiger partial charge in [0.1, 0.15) is 0 Å². The normalized spacial score (nSPS) is 10.9. The molecule has 0 atom stereocenters. The molecule has 1 N–H and O–H groups in total. The van der Waals surface area contributed by atoms with Crippen molar-refractivity contribution in [3.05, 3.63) is 65.2 Å². The van der Waals surface area contributed by atoms with Gasteiger partial charge in [-0.05, 0) is 62.9 Å². The number of hydrogen-bond donors (Lipinski definition) is 1. The first-order valence-corrected chi connectivity index (χ1v) is 9.93. The fourth-order valence-corrected chi connectivity index (χ4v) is 3.14. The molecule has 2 aromatic carbocycles. The molecule has 0 saturated heterocycles. The third kappa shape index (κ3) is 7.33. The minimum atomic E-state index is -0.434. The van der Waals surface area contributed by atoms with E-state index >= 15 is 0 Å². The van der Waals surface area contributed by atoms with E-state index in [4.69, 9.17) is 9.47 Å². The number of benzene rings is 2. The summed E-state index contributed by atoms with van der Waals surface area (Å²) >= 11 is 0. The summed E-state index contributed by atoms with van der Waals surface area (Å²) < 4.78 is 11.3. The van der Waals surface area contributed by atoms with Gasteiger partial charge >= 0.3 is 6.03 Å². The third-order valence-corrected chi connectivity index (χ3v) is 4.35. The maximum atomic E-state index is 13.0. The van der Waals surface area contributed by atoms with Crippen LogP contribution in [0.4, 0.5) is 10.5 Å². The molecule has 5 heteroatoms. The number of carbonyl (C=O) groups is 1. The van der Waals surface area contributed by atoms with Crippen LogP contribution in [0.1, 0.15) is 30.5 Å². The highest BCUT2D eigenvalue weighted by Crippen LogP contribution is 2.15. The molecule has 28 heavy (non-hydrogen) atoms. The lowest BCUT2D eigenvalue weighted by atomic mass is 10.1. The Labute approximate surface area is 168 Å². The minimum Gasteiger partial charge on any atom is -0.351 e. The van der Waals surface area contributed by atoms with E-state index in [1.807, 2.05) is 58.0 Å². The van der Waals surface area contributed by atoms with Gasteiger partial charge in [-0.2, -0.15) is 0 Å². The average Bonchev–Trinajstić information content (AvgIpc) is 2.65. The van der Waals surface area contributed by atoms with E-state index in [9.17, 15) is 4.79 Å². The molecule has 2 aromatic rings. The molecule has 2 rings (SSSR count). The lowest BCUT2D eigenvalue weighted by Crippen LogP contribution is -2.43. The first kappa shape index (κ1) is 21.9. The molecule has 2 amide bonds. The van der Waals surface area contributed by atoms with Gasteiger partial charge in [-0.1, -0.05) is 36.4 Å². The van der Waals surface area contributed by atoms with E-state index in [1.165, 1.54) is 5.56 Å². The smallest absolute Gasteiger partial charge is 0.322 e. The van der Waals surface area contributed by atoms with Gasteiger partial charge in [0.15, 0.2) is 6.29 Å². The zero-order valence-corrected chi connectivity index (χ0v) is 17.4. The summed E-state index contributed by atoms with van der Waals surface area (Å²) in [5.41, 5.74) is 4.23. The number of amides is 2. The molecule has 0 aliphatic carbocycles. The van der Waals surface area contributed by atoms with Crippen LogP contribution in [0.15, 0.2) is 48.5 Å². The van der Waals surface area contributed by atoms with Gasteiger partial charge in [0.05, 0.1) is 6.54 Å². The third-order valence-electron chi connectivity index (χ3n) is 4.35. The van der Waals surface area contributed by atoms with Gasteiger partial charge in [-0.15, -0.1) is 0 Å². The predicted molar refractivity (Wildman–Crippen MR) is 114 cm³/mol. The second-order valence-electron chi connectivity index (χ2n) is 6.83. The van der Waals surface area contributed by atoms with Crippen LogP contribution in [-0.2, 0) is 15.9 Å². The fraction of sp³-hybridized carbons (Fsp3) is 0.435. The molecule has 0 aromatic heterocycles. The van der Waals surface area contributed by atoms with Crippen LogP contribution in [0, 0.1) is 13.8 Å². The van der Waals surface area contributed by atoms with E-state index in [-0.39, 0.29) is 6.03 Å².